The fraction of sp³-hybridized carbons (Fsp3) is 0.263. The molecule has 0 spiro atoms. The van der Waals surface area contributed by atoms with Gasteiger partial charge < -0.3 is 9.47 Å². The molecule has 0 aliphatic heterocycles. The van der Waals surface area contributed by atoms with Gasteiger partial charge in [0.05, 0.1) is 16.7 Å². The van der Waals surface area contributed by atoms with Gasteiger partial charge in [-0.05, 0) is 48.9 Å². The number of hydrogen-bond acceptors (Lipinski definition) is 3. The van der Waals surface area contributed by atoms with E-state index in [9.17, 15) is 0 Å². The van der Waals surface area contributed by atoms with Gasteiger partial charge in [0, 0.05) is 22.1 Å². The van der Waals surface area contributed by atoms with Crippen molar-refractivity contribution in [2.45, 2.75) is 17.7 Å². The largest absolute Gasteiger partial charge is 0.490 e. The molecule has 0 heterocycles. The molecule has 0 fully saturated rings. The van der Waals surface area contributed by atoms with Crippen LogP contribution in [0.5, 0.6) is 11.5 Å². The summed E-state index contributed by atoms with van der Waals surface area (Å²) < 4.78 is 11.3. The predicted molar refractivity (Wildman–Crippen MR) is 119 cm³/mol. The highest BCUT2D eigenvalue weighted by Gasteiger charge is 2.10. The summed E-state index contributed by atoms with van der Waals surface area (Å²) in [6.45, 7) is 0.756. The van der Waals surface area contributed by atoms with E-state index in [4.69, 9.17) is 67.5 Å². The number of thioether (sulfide) groups is 1. The van der Waals surface area contributed by atoms with Gasteiger partial charge in [0.2, 0.25) is 0 Å². The zero-order valence-electron chi connectivity index (χ0n) is 14.2. The minimum Gasteiger partial charge on any atom is -0.490 e. The average molecular weight is 487 g/mol. The molecule has 0 unspecified atom stereocenters. The zero-order valence-corrected chi connectivity index (χ0v) is 18.8. The molecule has 0 aromatic heterocycles. The number of ether oxygens (including phenoxy) is 2. The first-order valence-corrected chi connectivity index (χ1v) is 11.0. The Balaban J connectivity index is 1.73. The molecule has 0 saturated heterocycles. The van der Waals surface area contributed by atoms with Gasteiger partial charge in [-0.3, -0.25) is 0 Å². The highest BCUT2D eigenvalue weighted by atomic mass is 35.5. The maximum Gasteiger partial charge on any atom is 0.156 e. The average Bonchev–Trinajstić information content (AvgIpc) is 2.61. The second kappa shape index (κ2) is 12.2. The van der Waals surface area contributed by atoms with Crippen LogP contribution in [0.15, 0.2) is 51.9 Å². The lowest BCUT2D eigenvalue weighted by Gasteiger charge is -2.12. The highest BCUT2D eigenvalue weighted by Crippen LogP contribution is 2.37. The maximum absolute atomic E-state index is 6.24. The van der Waals surface area contributed by atoms with Gasteiger partial charge in [-0.25, -0.2) is 0 Å². The molecule has 0 atom stereocenters. The molecule has 0 aliphatic rings. The Labute approximate surface area is 188 Å². The van der Waals surface area contributed by atoms with Crippen molar-refractivity contribution in [3.63, 3.8) is 0 Å². The van der Waals surface area contributed by atoms with Crippen molar-refractivity contribution in [1.29, 1.82) is 0 Å². The minimum atomic E-state index is 0.140. The second-order valence-corrected chi connectivity index (χ2v) is 8.81. The second-order valence-electron chi connectivity index (χ2n) is 5.38. The van der Waals surface area contributed by atoms with Crippen LogP contribution in [-0.4, -0.2) is 19.0 Å². The molecule has 8 heteroatoms. The van der Waals surface area contributed by atoms with Crippen LogP contribution in [0.1, 0.15) is 12.8 Å². The van der Waals surface area contributed by atoms with E-state index in [1.807, 2.05) is 24.3 Å². The van der Waals surface area contributed by atoms with Gasteiger partial charge in [-0.2, -0.15) is 0 Å². The van der Waals surface area contributed by atoms with Gasteiger partial charge in [0.1, 0.15) is 16.8 Å². The quantitative estimate of drug-likeness (QED) is 0.249. The smallest absolute Gasteiger partial charge is 0.156 e. The van der Waals surface area contributed by atoms with Gasteiger partial charge in [-0.15, -0.1) is 11.8 Å². The summed E-state index contributed by atoms with van der Waals surface area (Å²) in [6.07, 6.45) is 3.43. The van der Waals surface area contributed by atoms with Crippen molar-refractivity contribution in [2.75, 3.05) is 19.0 Å². The van der Waals surface area contributed by atoms with E-state index in [2.05, 4.69) is 0 Å². The molecule has 2 aromatic rings. The molecule has 2 nitrogen and oxygen atoms in total. The fourth-order valence-corrected chi connectivity index (χ4v) is 3.80. The predicted octanol–water partition coefficient (Wildman–Crippen LogP) is 8.30. The van der Waals surface area contributed by atoms with E-state index < -0.39 is 0 Å². The van der Waals surface area contributed by atoms with E-state index in [1.165, 1.54) is 11.0 Å². The molecule has 2 rings (SSSR count). The third-order valence-electron chi connectivity index (χ3n) is 3.33. The minimum absolute atomic E-state index is 0.140. The van der Waals surface area contributed by atoms with E-state index in [1.54, 1.807) is 23.9 Å². The van der Waals surface area contributed by atoms with Crippen molar-refractivity contribution in [3.8, 4) is 11.5 Å². The summed E-state index contributed by atoms with van der Waals surface area (Å²) in [5.41, 5.74) is 0. The molecule has 0 radical (unpaired) electrons. The number of rotatable bonds is 10. The Bertz CT molecular complexity index is 738. The van der Waals surface area contributed by atoms with Crippen LogP contribution in [0.25, 0.3) is 0 Å². The first-order valence-electron chi connectivity index (χ1n) is 8.10. The van der Waals surface area contributed by atoms with Gasteiger partial charge in [-0.1, -0.05) is 58.0 Å². The van der Waals surface area contributed by atoms with Gasteiger partial charge in [0.25, 0.3) is 0 Å². The first-order chi connectivity index (χ1) is 13.0. The van der Waals surface area contributed by atoms with Crippen molar-refractivity contribution in [3.05, 3.63) is 62.0 Å². The third kappa shape index (κ3) is 8.64. The Kier molecular flexibility index (Phi) is 10.3. The summed E-state index contributed by atoms with van der Waals surface area (Å²) in [5.74, 6) is 1.97. The first kappa shape index (κ1) is 22.9. The molecule has 0 bridgehead atoms. The van der Waals surface area contributed by atoms with E-state index in [0.29, 0.717) is 28.2 Å². The topological polar surface area (TPSA) is 18.5 Å². The molecule has 2 aromatic carbocycles. The monoisotopic (exact) mass is 484 g/mol. The zero-order chi connectivity index (χ0) is 19.6. The molecule has 146 valence electrons. The SMILES string of the molecule is ClC(Cl)=CCOc1cc(Cl)c(OCCCCSc2ccc(Cl)cc2)c(Cl)c1. The Morgan fingerprint density at radius 2 is 1.59 bits per heavy atom. The lowest BCUT2D eigenvalue weighted by atomic mass is 10.3. The van der Waals surface area contributed by atoms with Crippen molar-refractivity contribution in [1.82, 2.24) is 0 Å². The molecule has 0 aliphatic carbocycles. The van der Waals surface area contributed by atoms with Crippen LogP contribution in [0.3, 0.4) is 0 Å². The van der Waals surface area contributed by atoms with Gasteiger partial charge >= 0.3 is 0 Å². The summed E-state index contributed by atoms with van der Waals surface area (Å²) >= 11 is 31.2. The number of unbranched alkanes of at least 4 members (excludes halogenated alkanes) is 1. The molecule has 0 amide bonds. The van der Waals surface area contributed by atoms with Crippen LogP contribution >= 0.6 is 69.8 Å². The number of halogens is 5. The number of benzene rings is 2. The van der Waals surface area contributed by atoms with Gasteiger partial charge in [0.15, 0.2) is 5.75 Å². The molecule has 27 heavy (non-hydrogen) atoms. The number of hydrogen-bond donors (Lipinski definition) is 0. The molecule has 0 N–H and O–H groups in total. The van der Waals surface area contributed by atoms with Crippen LogP contribution in [0, 0.1) is 0 Å². The van der Waals surface area contributed by atoms with Crippen molar-refractivity contribution < 1.29 is 9.47 Å². The maximum atomic E-state index is 6.24. The lowest BCUT2D eigenvalue weighted by molar-refractivity contribution is 0.309. The fourth-order valence-electron chi connectivity index (χ4n) is 2.06. The molecule has 0 saturated carbocycles. The van der Waals surface area contributed by atoms with E-state index >= 15 is 0 Å². The Hall–Kier alpha value is -0.420. The van der Waals surface area contributed by atoms with Crippen LogP contribution < -0.4 is 9.47 Å². The normalized spacial score (nSPS) is 10.6. The Morgan fingerprint density at radius 3 is 2.22 bits per heavy atom. The summed E-state index contributed by atoms with van der Waals surface area (Å²) in [6, 6.07) is 11.1. The van der Waals surface area contributed by atoms with E-state index in [-0.39, 0.29) is 11.1 Å². The molecular weight excluding hydrogens is 470 g/mol. The third-order valence-corrected chi connectivity index (χ3v) is 5.55. The Morgan fingerprint density at radius 1 is 0.926 bits per heavy atom. The lowest BCUT2D eigenvalue weighted by Crippen LogP contribution is -2.00. The summed E-state index contributed by atoms with van der Waals surface area (Å²) in [7, 11) is 0. The standard InChI is InChI=1S/C19H17Cl5O2S/c20-13-3-5-15(6-4-13)27-10-2-1-8-26-19-16(21)11-14(12-17(19)22)25-9-7-18(23)24/h3-7,11-12H,1-2,8-10H2. The highest BCUT2D eigenvalue weighted by molar-refractivity contribution is 7.99. The van der Waals surface area contributed by atoms with Crippen LogP contribution in [-0.2, 0) is 0 Å². The summed E-state index contributed by atoms with van der Waals surface area (Å²) in [5, 5.41) is 1.54. The van der Waals surface area contributed by atoms with E-state index in [0.717, 1.165) is 23.6 Å². The van der Waals surface area contributed by atoms with Crippen molar-refractivity contribution >= 4 is 69.8 Å². The van der Waals surface area contributed by atoms with Crippen LogP contribution in [0.2, 0.25) is 15.1 Å². The van der Waals surface area contributed by atoms with Crippen molar-refractivity contribution in [2.24, 2.45) is 0 Å². The molecular formula is C19H17Cl5O2S. The summed E-state index contributed by atoms with van der Waals surface area (Å²) in [4.78, 5) is 1.20. The van der Waals surface area contributed by atoms with Crippen LogP contribution in [0.4, 0.5) is 0 Å².